The number of aromatic nitrogens is 1. The first kappa shape index (κ1) is 18.9. The topological polar surface area (TPSA) is 62.5 Å². The molecule has 1 aliphatic carbocycles. The summed E-state index contributed by atoms with van der Waals surface area (Å²) in [5.74, 6) is -0.213. The monoisotopic (exact) mass is 384 g/mol. The number of hydrogen-bond donors (Lipinski definition) is 1. The van der Waals surface area contributed by atoms with E-state index in [2.05, 4.69) is 4.57 Å². The van der Waals surface area contributed by atoms with E-state index in [1.54, 1.807) is 17.0 Å². The number of hydrogen-bond acceptors (Lipinski definition) is 3. The molecule has 2 aromatic rings. The number of halogens is 1. The van der Waals surface area contributed by atoms with Gasteiger partial charge in [-0.05, 0) is 49.4 Å². The van der Waals surface area contributed by atoms with E-state index < -0.39 is 6.10 Å². The predicted molar refractivity (Wildman–Crippen MR) is 103 cm³/mol. The van der Waals surface area contributed by atoms with Crippen LogP contribution in [0.5, 0.6) is 0 Å². The summed E-state index contributed by atoms with van der Waals surface area (Å²) in [5, 5.41) is 9.71. The fraction of sp³-hybridized carbons (Fsp3) is 0.455. The highest BCUT2D eigenvalue weighted by Crippen LogP contribution is 2.31. The van der Waals surface area contributed by atoms with E-state index in [0.29, 0.717) is 38.0 Å². The van der Waals surface area contributed by atoms with Crippen LogP contribution in [0.1, 0.15) is 52.1 Å². The largest absolute Gasteiger partial charge is 0.391 e. The van der Waals surface area contributed by atoms with Crippen LogP contribution in [0.25, 0.3) is 0 Å². The molecule has 148 valence electrons. The molecule has 1 saturated heterocycles. The van der Waals surface area contributed by atoms with Gasteiger partial charge in [-0.15, -0.1) is 0 Å². The van der Waals surface area contributed by atoms with Crippen molar-refractivity contribution in [2.75, 3.05) is 13.1 Å². The molecule has 6 heteroatoms. The van der Waals surface area contributed by atoms with Crippen LogP contribution in [0.2, 0.25) is 0 Å². The number of carbonyl (C=O) groups is 2. The van der Waals surface area contributed by atoms with E-state index in [1.165, 1.54) is 12.1 Å². The lowest BCUT2D eigenvalue weighted by Crippen LogP contribution is -2.31. The number of Topliss-reactive ketones (excluding diaryl/α,β-unsaturated/α-hetero) is 1. The van der Waals surface area contributed by atoms with Gasteiger partial charge >= 0.3 is 0 Å². The molecule has 28 heavy (non-hydrogen) atoms. The summed E-state index contributed by atoms with van der Waals surface area (Å²) in [6.07, 6.45) is 2.46. The summed E-state index contributed by atoms with van der Waals surface area (Å²) in [4.78, 5) is 27.1. The van der Waals surface area contributed by atoms with E-state index in [1.807, 2.05) is 6.92 Å². The zero-order chi connectivity index (χ0) is 19.8. The number of ketones is 1. The van der Waals surface area contributed by atoms with Crippen LogP contribution < -0.4 is 0 Å². The van der Waals surface area contributed by atoms with Crippen molar-refractivity contribution in [3.05, 3.63) is 58.2 Å². The Morgan fingerprint density at radius 3 is 2.68 bits per heavy atom. The Morgan fingerprint density at radius 1 is 1.25 bits per heavy atom. The van der Waals surface area contributed by atoms with Gasteiger partial charge in [0.2, 0.25) is 5.91 Å². The zero-order valence-corrected chi connectivity index (χ0v) is 16.1. The fourth-order valence-corrected chi connectivity index (χ4v) is 4.42. The van der Waals surface area contributed by atoms with E-state index in [0.717, 1.165) is 35.4 Å². The van der Waals surface area contributed by atoms with E-state index in [9.17, 15) is 19.1 Å². The van der Waals surface area contributed by atoms with Crippen LogP contribution in [0.15, 0.2) is 24.3 Å². The molecular formula is C22H25FN2O3. The average Bonchev–Trinajstić information content (AvgIpc) is 3.21. The van der Waals surface area contributed by atoms with Gasteiger partial charge in [-0.25, -0.2) is 4.39 Å². The minimum atomic E-state index is -0.455. The van der Waals surface area contributed by atoms with Crippen molar-refractivity contribution in [1.82, 2.24) is 9.47 Å². The Balaban J connectivity index is 1.68. The molecule has 0 radical (unpaired) electrons. The third kappa shape index (κ3) is 3.49. The quantitative estimate of drug-likeness (QED) is 0.882. The number of aliphatic hydroxyl groups excluding tert-OH is 1. The zero-order valence-electron chi connectivity index (χ0n) is 16.1. The summed E-state index contributed by atoms with van der Waals surface area (Å²) >= 11 is 0. The maximum atomic E-state index is 13.2. The van der Waals surface area contributed by atoms with Gasteiger partial charge < -0.3 is 14.6 Å². The van der Waals surface area contributed by atoms with E-state index in [4.69, 9.17) is 0 Å². The van der Waals surface area contributed by atoms with Crippen LogP contribution in [-0.2, 0) is 24.2 Å². The van der Waals surface area contributed by atoms with Gasteiger partial charge in [0.25, 0.3) is 0 Å². The molecule has 1 fully saturated rings. The normalized spacial score (nSPS) is 19.2. The van der Waals surface area contributed by atoms with Gasteiger partial charge in [0.15, 0.2) is 5.78 Å². The number of rotatable bonds is 4. The van der Waals surface area contributed by atoms with Crippen LogP contribution in [0, 0.1) is 12.7 Å². The lowest BCUT2D eigenvalue weighted by atomic mass is 9.92. The number of aliphatic hydroxyl groups is 1. The molecule has 4 rings (SSSR count). The number of β-amino-alcohol motifs (C(OH)–C–C–N with tert-alkyl or cyclic N) is 1. The Hall–Kier alpha value is -2.47. The molecule has 0 unspecified atom stereocenters. The van der Waals surface area contributed by atoms with Gasteiger partial charge in [0.1, 0.15) is 5.82 Å². The standard InChI is InChI=1S/C22H25FN2O3/c1-14-18(11-21(28)24-10-9-17(26)13-24)22-19(3-2-4-20(22)27)25(14)12-15-5-7-16(23)8-6-15/h5-8,17,26H,2-4,9-13H2,1H3/t17-/m0/s1. The highest BCUT2D eigenvalue weighted by atomic mass is 19.1. The predicted octanol–water partition coefficient (Wildman–Crippen LogP) is 2.64. The summed E-state index contributed by atoms with van der Waals surface area (Å²) in [6, 6.07) is 6.38. The second kappa shape index (κ2) is 7.51. The Morgan fingerprint density at radius 2 is 2.00 bits per heavy atom. The molecule has 1 atom stereocenters. The first-order valence-corrected chi connectivity index (χ1v) is 9.88. The Labute approximate surface area is 163 Å². The van der Waals surface area contributed by atoms with Crippen molar-refractivity contribution in [1.29, 1.82) is 0 Å². The molecule has 1 aromatic heterocycles. The van der Waals surface area contributed by atoms with Crippen LogP contribution >= 0.6 is 0 Å². The second-order valence-electron chi connectivity index (χ2n) is 7.83. The minimum Gasteiger partial charge on any atom is -0.391 e. The van der Waals surface area contributed by atoms with Crippen molar-refractivity contribution in [2.24, 2.45) is 0 Å². The molecule has 1 aliphatic heterocycles. The van der Waals surface area contributed by atoms with Gasteiger partial charge in [-0.1, -0.05) is 12.1 Å². The van der Waals surface area contributed by atoms with Crippen LogP contribution in [-0.4, -0.2) is 45.5 Å². The van der Waals surface area contributed by atoms with E-state index >= 15 is 0 Å². The average molecular weight is 384 g/mol. The fourth-order valence-electron chi connectivity index (χ4n) is 4.42. The van der Waals surface area contributed by atoms with Gasteiger partial charge in [0, 0.05) is 43.0 Å². The van der Waals surface area contributed by atoms with Crippen molar-refractivity contribution in [2.45, 2.75) is 51.7 Å². The SMILES string of the molecule is Cc1c(CC(=O)N2CC[C@H](O)C2)c2c(n1Cc1ccc(F)cc1)CCCC2=O. The van der Waals surface area contributed by atoms with Crippen LogP contribution in [0.4, 0.5) is 4.39 Å². The Bertz CT molecular complexity index is 917. The summed E-state index contributed by atoms with van der Waals surface area (Å²) < 4.78 is 15.4. The maximum Gasteiger partial charge on any atom is 0.227 e. The molecule has 0 saturated carbocycles. The van der Waals surface area contributed by atoms with Crippen molar-refractivity contribution >= 4 is 11.7 Å². The molecule has 1 N–H and O–H groups in total. The molecule has 2 heterocycles. The number of carbonyl (C=O) groups excluding carboxylic acids is 2. The van der Waals surface area contributed by atoms with Crippen LogP contribution in [0.3, 0.4) is 0 Å². The summed E-state index contributed by atoms with van der Waals surface area (Å²) in [6.45, 7) is 3.44. The van der Waals surface area contributed by atoms with Crippen molar-refractivity contribution in [3.8, 4) is 0 Å². The molecule has 1 amide bonds. The summed E-state index contributed by atoms with van der Waals surface area (Å²) in [7, 11) is 0. The number of fused-ring (bicyclic) bond motifs is 1. The maximum absolute atomic E-state index is 13.2. The number of nitrogens with zero attached hydrogens (tertiary/aromatic N) is 2. The lowest BCUT2D eigenvalue weighted by molar-refractivity contribution is -0.129. The van der Waals surface area contributed by atoms with Gasteiger partial charge in [-0.3, -0.25) is 9.59 Å². The Kier molecular flexibility index (Phi) is 5.06. The minimum absolute atomic E-state index is 0.0419. The highest BCUT2D eigenvalue weighted by Gasteiger charge is 2.31. The molecular weight excluding hydrogens is 359 g/mol. The summed E-state index contributed by atoms with van der Waals surface area (Å²) in [5.41, 5.74) is 4.40. The first-order valence-electron chi connectivity index (χ1n) is 9.88. The number of amides is 1. The first-order chi connectivity index (χ1) is 13.4. The van der Waals surface area contributed by atoms with Gasteiger partial charge in [-0.2, -0.15) is 0 Å². The van der Waals surface area contributed by atoms with Crippen molar-refractivity contribution < 1.29 is 19.1 Å². The second-order valence-corrected chi connectivity index (χ2v) is 7.83. The highest BCUT2D eigenvalue weighted by molar-refractivity contribution is 6.01. The molecule has 5 nitrogen and oxygen atoms in total. The third-order valence-electron chi connectivity index (χ3n) is 5.95. The molecule has 2 aliphatic rings. The van der Waals surface area contributed by atoms with Gasteiger partial charge in [0.05, 0.1) is 12.5 Å². The number of likely N-dealkylation sites (tertiary alicyclic amines) is 1. The van der Waals surface area contributed by atoms with Crippen molar-refractivity contribution in [3.63, 3.8) is 0 Å². The smallest absolute Gasteiger partial charge is 0.227 e. The lowest BCUT2D eigenvalue weighted by Gasteiger charge is -2.17. The van der Waals surface area contributed by atoms with E-state index in [-0.39, 0.29) is 23.9 Å². The molecule has 1 aromatic carbocycles. The number of benzene rings is 1. The molecule has 0 bridgehead atoms. The third-order valence-corrected chi connectivity index (χ3v) is 5.95. The molecule has 0 spiro atoms.